The van der Waals surface area contributed by atoms with Gasteiger partial charge in [0.2, 0.25) is 21.8 Å². The molecule has 0 atom stereocenters. The van der Waals surface area contributed by atoms with Gasteiger partial charge in [-0.1, -0.05) is 0 Å². The summed E-state index contributed by atoms with van der Waals surface area (Å²) in [4.78, 5) is 28.2. The molecule has 0 aromatic heterocycles. The van der Waals surface area contributed by atoms with Gasteiger partial charge in [0, 0.05) is 51.3 Å². The molecule has 0 unspecified atom stereocenters. The van der Waals surface area contributed by atoms with Crippen LogP contribution < -0.4 is 4.90 Å². The number of sulfonamides is 1. The molecule has 0 N–H and O–H groups in total. The third kappa shape index (κ3) is 4.33. The molecule has 1 fully saturated rings. The maximum atomic E-state index is 13.2. The molecule has 1 saturated heterocycles. The fraction of sp³-hybridized carbons (Fsp3) is 0.619. The molecular weight excluding hydrogens is 390 g/mol. The molecule has 7 nitrogen and oxygen atoms in total. The number of nitrogens with zero attached hydrogens (tertiary/aromatic N) is 3. The van der Waals surface area contributed by atoms with Gasteiger partial charge in [-0.3, -0.25) is 9.59 Å². The third-order valence-electron chi connectivity index (χ3n) is 6.07. The van der Waals surface area contributed by atoms with Crippen molar-refractivity contribution in [3.63, 3.8) is 0 Å². The minimum Gasteiger partial charge on any atom is -0.343 e. The summed E-state index contributed by atoms with van der Waals surface area (Å²) in [6.07, 6.45) is 2.70. The summed E-state index contributed by atoms with van der Waals surface area (Å²) < 4.78 is 27.8. The van der Waals surface area contributed by atoms with Crippen molar-refractivity contribution in [3.8, 4) is 0 Å². The molecule has 0 bridgehead atoms. The Bertz CT molecular complexity index is 872. The van der Waals surface area contributed by atoms with Crippen molar-refractivity contribution in [1.29, 1.82) is 0 Å². The van der Waals surface area contributed by atoms with Crippen LogP contribution in [0.4, 0.5) is 5.69 Å². The summed E-state index contributed by atoms with van der Waals surface area (Å²) in [7, 11) is -3.61. The number of hydrogen-bond acceptors (Lipinski definition) is 4. The Hall–Kier alpha value is -1.93. The topological polar surface area (TPSA) is 78.0 Å². The van der Waals surface area contributed by atoms with Crippen molar-refractivity contribution in [3.05, 3.63) is 23.8 Å². The van der Waals surface area contributed by atoms with E-state index in [-0.39, 0.29) is 22.6 Å². The fourth-order valence-corrected chi connectivity index (χ4v) is 5.87. The molecule has 1 aromatic carbocycles. The van der Waals surface area contributed by atoms with Gasteiger partial charge in [-0.25, -0.2) is 8.42 Å². The number of aryl methyl sites for hydroxylation is 1. The Morgan fingerprint density at radius 1 is 1.10 bits per heavy atom. The van der Waals surface area contributed by atoms with Gasteiger partial charge in [-0.15, -0.1) is 0 Å². The Kier molecular flexibility index (Phi) is 6.63. The molecule has 29 heavy (non-hydrogen) atoms. The maximum Gasteiger partial charge on any atom is 0.243 e. The van der Waals surface area contributed by atoms with Gasteiger partial charge in [-0.2, -0.15) is 4.31 Å². The van der Waals surface area contributed by atoms with Gasteiger partial charge in [0.15, 0.2) is 0 Å². The van der Waals surface area contributed by atoms with Crippen LogP contribution in [-0.4, -0.2) is 62.2 Å². The first-order chi connectivity index (χ1) is 13.8. The summed E-state index contributed by atoms with van der Waals surface area (Å²) >= 11 is 0. The number of carbonyl (C=O) groups is 2. The zero-order chi connectivity index (χ0) is 21.2. The number of carbonyl (C=O) groups excluding carboxylic acids is 2. The van der Waals surface area contributed by atoms with Crippen molar-refractivity contribution < 1.29 is 18.0 Å². The molecule has 0 spiro atoms. The minimum atomic E-state index is -3.61. The van der Waals surface area contributed by atoms with Crippen molar-refractivity contribution in [2.45, 2.75) is 51.3 Å². The Balaban J connectivity index is 1.74. The number of fused-ring (bicyclic) bond motifs is 1. The van der Waals surface area contributed by atoms with Crippen molar-refractivity contribution in [2.75, 3.05) is 37.6 Å². The smallest absolute Gasteiger partial charge is 0.243 e. The lowest BCUT2D eigenvalue weighted by Crippen LogP contribution is -2.44. The molecular formula is C21H31N3O4S. The van der Waals surface area contributed by atoms with E-state index < -0.39 is 10.0 Å². The van der Waals surface area contributed by atoms with Crippen LogP contribution in [0.5, 0.6) is 0 Å². The van der Waals surface area contributed by atoms with Crippen LogP contribution in [0.1, 0.15) is 45.6 Å². The number of amides is 2. The lowest BCUT2D eigenvalue weighted by molar-refractivity contribution is -0.136. The summed E-state index contributed by atoms with van der Waals surface area (Å²) in [5.74, 6) is 0.000611. The highest BCUT2D eigenvalue weighted by Gasteiger charge is 2.34. The van der Waals surface area contributed by atoms with E-state index in [0.717, 1.165) is 24.1 Å². The Morgan fingerprint density at radius 2 is 1.76 bits per heavy atom. The minimum absolute atomic E-state index is 0.0264. The quantitative estimate of drug-likeness (QED) is 0.731. The third-order valence-corrected chi connectivity index (χ3v) is 7.96. The number of rotatable bonds is 5. The molecule has 2 amide bonds. The van der Waals surface area contributed by atoms with Gasteiger partial charge in [0.05, 0.1) is 4.90 Å². The van der Waals surface area contributed by atoms with Crippen molar-refractivity contribution in [2.24, 2.45) is 5.92 Å². The van der Waals surface area contributed by atoms with E-state index in [0.29, 0.717) is 45.6 Å². The van der Waals surface area contributed by atoms with Gasteiger partial charge in [0.1, 0.15) is 0 Å². The van der Waals surface area contributed by atoms with E-state index in [2.05, 4.69) is 0 Å². The van der Waals surface area contributed by atoms with Gasteiger partial charge in [0.25, 0.3) is 0 Å². The van der Waals surface area contributed by atoms with Crippen LogP contribution in [0.15, 0.2) is 23.1 Å². The SMILES string of the molecule is CCN(CC)C(=O)C1CCN(S(=O)(=O)c2ccc3c(c2)CCCN3C(C)=O)CC1. The number of benzene rings is 1. The van der Waals surface area contributed by atoms with Crippen LogP contribution in [0.25, 0.3) is 0 Å². The molecule has 0 saturated carbocycles. The summed E-state index contributed by atoms with van der Waals surface area (Å²) in [5, 5.41) is 0. The lowest BCUT2D eigenvalue weighted by atomic mass is 9.96. The van der Waals surface area contributed by atoms with E-state index in [9.17, 15) is 18.0 Å². The summed E-state index contributed by atoms with van der Waals surface area (Å²) in [6, 6.07) is 5.06. The molecule has 1 aromatic rings. The Morgan fingerprint density at radius 3 is 2.34 bits per heavy atom. The molecule has 0 radical (unpaired) electrons. The zero-order valence-corrected chi connectivity index (χ0v) is 18.4. The highest BCUT2D eigenvalue weighted by molar-refractivity contribution is 7.89. The molecule has 3 rings (SSSR count). The molecule has 160 valence electrons. The van der Waals surface area contributed by atoms with Crippen molar-refractivity contribution >= 4 is 27.5 Å². The second kappa shape index (κ2) is 8.83. The van der Waals surface area contributed by atoms with E-state index >= 15 is 0 Å². The van der Waals surface area contributed by atoms with Crippen LogP contribution in [-0.2, 0) is 26.0 Å². The van der Waals surface area contributed by atoms with Gasteiger partial charge < -0.3 is 9.80 Å². The summed E-state index contributed by atoms with van der Waals surface area (Å²) in [5.41, 5.74) is 1.71. The fourth-order valence-electron chi connectivity index (χ4n) is 4.35. The maximum absolute atomic E-state index is 13.2. The van der Waals surface area contributed by atoms with E-state index in [1.165, 1.54) is 11.2 Å². The van der Waals surface area contributed by atoms with Crippen LogP contribution in [0, 0.1) is 5.92 Å². The molecule has 2 aliphatic heterocycles. The second-order valence-corrected chi connectivity index (χ2v) is 9.69. The number of piperidine rings is 1. The predicted octanol–water partition coefficient (Wildman–Crippen LogP) is 2.25. The van der Waals surface area contributed by atoms with Gasteiger partial charge in [-0.05, 0) is 63.3 Å². The first-order valence-corrected chi connectivity index (χ1v) is 11.9. The molecule has 2 heterocycles. The zero-order valence-electron chi connectivity index (χ0n) is 17.6. The molecule has 8 heteroatoms. The first-order valence-electron chi connectivity index (χ1n) is 10.5. The highest BCUT2D eigenvalue weighted by Crippen LogP contribution is 2.32. The van der Waals surface area contributed by atoms with Gasteiger partial charge >= 0.3 is 0 Å². The number of anilines is 1. The van der Waals surface area contributed by atoms with Crippen LogP contribution in [0.2, 0.25) is 0 Å². The average molecular weight is 422 g/mol. The lowest BCUT2D eigenvalue weighted by Gasteiger charge is -2.33. The van der Waals surface area contributed by atoms with E-state index in [1.807, 2.05) is 18.7 Å². The van der Waals surface area contributed by atoms with Crippen molar-refractivity contribution in [1.82, 2.24) is 9.21 Å². The van der Waals surface area contributed by atoms with E-state index in [4.69, 9.17) is 0 Å². The highest BCUT2D eigenvalue weighted by atomic mass is 32.2. The van der Waals surface area contributed by atoms with Crippen LogP contribution in [0.3, 0.4) is 0 Å². The van der Waals surface area contributed by atoms with Crippen LogP contribution >= 0.6 is 0 Å². The monoisotopic (exact) mass is 421 g/mol. The predicted molar refractivity (Wildman–Crippen MR) is 112 cm³/mol. The standard InChI is InChI=1S/C21H31N3O4S/c1-4-22(5-2)21(26)17-10-13-23(14-11-17)29(27,28)19-8-9-20-18(15-19)7-6-12-24(20)16(3)25/h8-9,15,17H,4-7,10-14H2,1-3H3. The normalized spacial score (nSPS) is 18.4. The molecule has 0 aliphatic carbocycles. The molecule has 2 aliphatic rings. The van der Waals surface area contributed by atoms with E-state index in [1.54, 1.807) is 23.1 Å². The number of hydrogen-bond donors (Lipinski definition) is 0. The first kappa shape index (κ1) is 21.8. The average Bonchev–Trinajstić information content (AvgIpc) is 2.73. The summed E-state index contributed by atoms with van der Waals surface area (Å²) in [6.45, 7) is 8.20. The largest absolute Gasteiger partial charge is 0.343 e. The second-order valence-electron chi connectivity index (χ2n) is 7.75. The Labute approximate surface area is 173 Å².